The zero-order valence-corrected chi connectivity index (χ0v) is 25.8. The fourth-order valence-corrected chi connectivity index (χ4v) is 7.26. The zero-order valence-electron chi connectivity index (χ0n) is 24.2. The Morgan fingerprint density at radius 3 is 2.35 bits per heavy atom. The van der Waals surface area contributed by atoms with Crippen molar-refractivity contribution in [3.05, 3.63) is 47.5 Å². The molecule has 3 rings (SSSR count). The standard InChI is InChI=1S/C29H44N2O7S2/c1-6-21-8-12-26(23(18-21)9-10-24(32)7-2)30-39(33,34)25-11-13-27(38-20-22-14-16-37-17-15-22)28(19-25)40(35,36)31-29(3,4)5/h8,11-13,18-19,22,24,30-32H,6-7,9-10,14-17,20H2,1-5H3. The average Bonchev–Trinajstić information content (AvgIpc) is 2.90. The molecule has 0 radical (unpaired) electrons. The van der Waals surface area contributed by atoms with E-state index in [1.807, 2.05) is 26.0 Å². The lowest BCUT2D eigenvalue weighted by molar-refractivity contribution is 0.0493. The Hall–Kier alpha value is -2.18. The van der Waals surface area contributed by atoms with Crippen molar-refractivity contribution in [2.45, 2.75) is 94.6 Å². The van der Waals surface area contributed by atoms with Crippen molar-refractivity contribution in [3.8, 4) is 5.75 Å². The summed E-state index contributed by atoms with van der Waals surface area (Å²) in [5.41, 5.74) is 1.44. The van der Waals surface area contributed by atoms with E-state index in [1.165, 1.54) is 12.1 Å². The number of nitrogens with one attached hydrogen (secondary N) is 2. The van der Waals surface area contributed by atoms with Gasteiger partial charge in [-0.1, -0.05) is 26.0 Å². The first kappa shape index (κ1) is 32.3. The summed E-state index contributed by atoms with van der Waals surface area (Å²) in [7, 11) is -8.27. The zero-order chi connectivity index (χ0) is 29.6. The summed E-state index contributed by atoms with van der Waals surface area (Å²) < 4.78 is 70.5. The van der Waals surface area contributed by atoms with Crippen LogP contribution >= 0.6 is 0 Å². The van der Waals surface area contributed by atoms with Crippen molar-refractivity contribution < 1.29 is 31.4 Å². The van der Waals surface area contributed by atoms with Crippen molar-refractivity contribution in [1.82, 2.24) is 4.72 Å². The number of benzene rings is 2. The van der Waals surface area contributed by atoms with E-state index in [1.54, 1.807) is 26.8 Å². The third-order valence-electron chi connectivity index (χ3n) is 6.81. The van der Waals surface area contributed by atoms with E-state index in [4.69, 9.17) is 9.47 Å². The average molecular weight is 597 g/mol. The Labute approximate surface area is 239 Å². The van der Waals surface area contributed by atoms with E-state index in [-0.39, 0.29) is 21.5 Å². The molecule has 0 saturated carbocycles. The van der Waals surface area contributed by atoms with Crippen LogP contribution in [-0.2, 0) is 37.6 Å². The van der Waals surface area contributed by atoms with Crippen molar-refractivity contribution in [3.63, 3.8) is 0 Å². The highest BCUT2D eigenvalue weighted by Gasteiger charge is 2.29. The van der Waals surface area contributed by atoms with Gasteiger partial charge in [0.15, 0.2) is 0 Å². The van der Waals surface area contributed by atoms with E-state index in [9.17, 15) is 21.9 Å². The number of ether oxygens (including phenoxy) is 2. The molecule has 3 N–H and O–H groups in total. The second-order valence-electron chi connectivity index (χ2n) is 11.4. The minimum Gasteiger partial charge on any atom is -0.492 e. The molecule has 2 aromatic carbocycles. The summed E-state index contributed by atoms with van der Waals surface area (Å²) in [6.07, 6.45) is 3.53. The van der Waals surface area contributed by atoms with Gasteiger partial charge in [0.1, 0.15) is 10.6 Å². The quantitative estimate of drug-likeness (QED) is 0.307. The molecule has 1 aliphatic rings. The second kappa shape index (κ2) is 13.7. The van der Waals surface area contributed by atoms with Crippen LogP contribution in [0.15, 0.2) is 46.2 Å². The smallest absolute Gasteiger partial charge is 0.261 e. The third kappa shape index (κ3) is 9.17. The number of rotatable bonds is 13. The number of aliphatic hydroxyl groups excluding tert-OH is 1. The Kier molecular flexibility index (Phi) is 11.0. The molecule has 224 valence electrons. The van der Waals surface area contributed by atoms with Crippen molar-refractivity contribution >= 4 is 25.7 Å². The predicted molar refractivity (Wildman–Crippen MR) is 157 cm³/mol. The molecule has 1 unspecified atom stereocenters. The first-order valence-corrected chi connectivity index (χ1v) is 16.9. The van der Waals surface area contributed by atoms with E-state index >= 15 is 0 Å². The lowest BCUT2D eigenvalue weighted by Crippen LogP contribution is -2.40. The van der Waals surface area contributed by atoms with Gasteiger partial charge in [-0.15, -0.1) is 0 Å². The fraction of sp³-hybridized carbons (Fsp3) is 0.586. The van der Waals surface area contributed by atoms with E-state index in [0.29, 0.717) is 44.8 Å². The molecule has 11 heteroatoms. The van der Waals surface area contributed by atoms with Crippen LogP contribution in [0.25, 0.3) is 0 Å². The SMILES string of the molecule is CCc1ccc(NS(=O)(=O)c2ccc(OCC3CCOCC3)c(S(=O)(=O)NC(C)(C)C)c2)c(CCC(O)CC)c1. The number of sulfonamides is 2. The van der Waals surface area contributed by atoms with Gasteiger partial charge in [-0.2, -0.15) is 0 Å². The van der Waals surface area contributed by atoms with Gasteiger partial charge in [-0.25, -0.2) is 21.6 Å². The summed E-state index contributed by atoms with van der Waals surface area (Å²) in [5, 5.41) is 10.1. The molecule has 0 bridgehead atoms. The maximum atomic E-state index is 13.6. The van der Waals surface area contributed by atoms with Crippen LogP contribution in [0.3, 0.4) is 0 Å². The Morgan fingerprint density at radius 2 is 1.73 bits per heavy atom. The lowest BCUT2D eigenvalue weighted by Gasteiger charge is -2.24. The molecule has 0 spiro atoms. The minimum absolute atomic E-state index is 0.101. The van der Waals surface area contributed by atoms with Gasteiger partial charge in [0.2, 0.25) is 10.0 Å². The number of hydrogen-bond donors (Lipinski definition) is 3. The van der Waals surface area contributed by atoms with Crippen LogP contribution in [0.5, 0.6) is 5.75 Å². The molecule has 0 amide bonds. The van der Waals surface area contributed by atoms with Gasteiger partial charge in [-0.3, -0.25) is 4.72 Å². The molecular weight excluding hydrogens is 552 g/mol. The van der Waals surface area contributed by atoms with E-state index in [2.05, 4.69) is 9.44 Å². The highest BCUT2D eigenvalue weighted by Crippen LogP contribution is 2.31. The molecular formula is C29H44N2O7S2. The molecule has 1 aliphatic heterocycles. The van der Waals surface area contributed by atoms with Crippen LogP contribution in [0.1, 0.15) is 71.4 Å². The molecule has 1 saturated heterocycles. The Bertz CT molecular complexity index is 1350. The van der Waals surface area contributed by atoms with Crippen molar-refractivity contribution in [2.24, 2.45) is 5.92 Å². The van der Waals surface area contributed by atoms with Crippen molar-refractivity contribution in [2.75, 3.05) is 24.5 Å². The summed E-state index contributed by atoms with van der Waals surface area (Å²) >= 11 is 0. The normalized spacial score (nSPS) is 16.1. The summed E-state index contributed by atoms with van der Waals surface area (Å²) in [6, 6.07) is 9.43. The first-order chi connectivity index (χ1) is 18.7. The fourth-order valence-electron chi connectivity index (χ4n) is 4.47. The van der Waals surface area contributed by atoms with Gasteiger partial charge in [0, 0.05) is 18.8 Å². The van der Waals surface area contributed by atoms with Crippen LogP contribution in [0.2, 0.25) is 0 Å². The third-order valence-corrected chi connectivity index (χ3v) is 9.95. The van der Waals surface area contributed by atoms with Crippen LogP contribution in [0, 0.1) is 5.92 Å². The molecule has 0 aromatic heterocycles. The van der Waals surface area contributed by atoms with Crippen LogP contribution < -0.4 is 14.2 Å². The summed E-state index contributed by atoms with van der Waals surface area (Å²) in [5.74, 6) is 0.324. The number of hydrogen-bond acceptors (Lipinski definition) is 7. The van der Waals surface area contributed by atoms with Gasteiger partial charge in [0.05, 0.1) is 23.3 Å². The predicted octanol–water partition coefficient (Wildman–Crippen LogP) is 4.64. The first-order valence-electron chi connectivity index (χ1n) is 14.0. The van der Waals surface area contributed by atoms with Gasteiger partial charge >= 0.3 is 0 Å². The summed E-state index contributed by atoms with van der Waals surface area (Å²) in [6.45, 7) is 10.6. The van der Waals surface area contributed by atoms with Gasteiger partial charge in [-0.05, 0) is 101 Å². The summed E-state index contributed by atoms with van der Waals surface area (Å²) in [4.78, 5) is -0.427. The Balaban J connectivity index is 1.96. The van der Waals surface area contributed by atoms with Crippen LogP contribution in [0.4, 0.5) is 5.69 Å². The monoisotopic (exact) mass is 596 g/mol. The lowest BCUT2D eigenvalue weighted by atomic mass is 10.0. The van der Waals surface area contributed by atoms with E-state index in [0.717, 1.165) is 36.5 Å². The molecule has 1 heterocycles. The molecule has 1 fully saturated rings. The molecule has 9 nitrogen and oxygen atoms in total. The highest BCUT2D eigenvalue weighted by atomic mass is 32.2. The molecule has 1 atom stereocenters. The van der Waals surface area contributed by atoms with Crippen molar-refractivity contribution in [1.29, 1.82) is 0 Å². The number of anilines is 1. The largest absolute Gasteiger partial charge is 0.492 e. The topological polar surface area (TPSA) is 131 Å². The minimum atomic E-state index is -4.15. The van der Waals surface area contributed by atoms with E-state index < -0.39 is 31.7 Å². The molecule has 2 aromatic rings. The molecule has 40 heavy (non-hydrogen) atoms. The van der Waals surface area contributed by atoms with Gasteiger partial charge in [0.25, 0.3) is 10.0 Å². The van der Waals surface area contributed by atoms with Gasteiger partial charge < -0.3 is 14.6 Å². The molecule has 0 aliphatic carbocycles. The second-order valence-corrected chi connectivity index (χ2v) is 14.7. The van der Waals surface area contributed by atoms with Crippen LogP contribution in [-0.4, -0.2) is 53.4 Å². The number of aliphatic hydroxyl groups is 1. The number of aryl methyl sites for hydroxylation is 2. The Morgan fingerprint density at radius 1 is 1.02 bits per heavy atom. The highest BCUT2D eigenvalue weighted by molar-refractivity contribution is 7.93. The maximum absolute atomic E-state index is 13.6. The maximum Gasteiger partial charge on any atom is 0.261 e.